The molecule has 0 saturated heterocycles. The van der Waals surface area contributed by atoms with E-state index in [1.807, 2.05) is 7.05 Å². The van der Waals surface area contributed by atoms with E-state index in [1.165, 1.54) is 6.42 Å². The van der Waals surface area contributed by atoms with E-state index in [0.717, 1.165) is 38.8 Å². The van der Waals surface area contributed by atoms with Crippen molar-refractivity contribution in [2.75, 3.05) is 26.7 Å². The van der Waals surface area contributed by atoms with Crippen LogP contribution in [0.3, 0.4) is 0 Å². The number of unbranched alkanes of at least 4 members (excludes halogenated alkanes) is 1. The molecule has 1 fully saturated rings. The molecule has 1 amide bonds. The number of rotatable bonds is 9. The molecule has 0 aromatic heterocycles. The van der Waals surface area contributed by atoms with Crippen LogP contribution in [-0.2, 0) is 4.79 Å². The average Bonchev–Trinajstić information content (AvgIpc) is 3.08. The first-order valence-corrected chi connectivity index (χ1v) is 7.11. The minimum Gasteiger partial charge on any atom is -0.352 e. The van der Waals surface area contributed by atoms with Crippen LogP contribution in [-0.4, -0.2) is 43.5 Å². The van der Waals surface area contributed by atoms with Gasteiger partial charge in [-0.15, -0.1) is 0 Å². The SMILES string of the molecule is CN(CCCCC(C)(C)CN)CC(=O)NC1CC1. The summed E-state index contributed by atoms with van der Waals surface area (Å²) in [6.45, 7) is 6.67. The molecule has 0 heterocycles. The molecule has 0 atom stereocenters. The summed E-state index contributed by atoms with van der Waals surface area (Å²) < 4.78 is 0. The van der Waals surface area contributed by atoms with Crippen LogP contribution in [0.2, 0.25) is 0 Å². The maximum Gasteiger partial charge on any atom is 0.234 e. The lowest BCUT2D eigenvalue weighted by atomic mass is 9.87. The Morgan fingerprint density at radius 2 is 2.06 bits per heavy atom. The normalized spacial score (nSPS) is 16.1. The molecule has 0 aromatic rings. The average molecular weight is 255 g/mol. The topological polar surface area (TPSA) is 58.4 Å². The van der Waals surface area contributed by atoms with E-state index in [9.17, 15) is 4.79 Å². The summed E-state index contributed by atoms with van der Waals surface area (Å²) in [6, 6.07) is 0.469. The van der Waals surface area contributed by atoms with Crippen LogP contribution in [0.25, 0.3) is 0 Å². The Hall–Kier alpha value is -0.610. The van der Waals surface area contributed by atoms with Crippen LogP contribution in [0.1, 0.15) is 46.0 Å². The molecule has 4 heteroatoms. The van der Waals surface area contributed by atoms with Gasteiger partial charge in [0.25, 0.3) is 0 Å². The van der Waals surface area contributed by atoms with Crippen molar-refractivity contribution in [1.82, 2.24) is 10.2 Å². The van der Waals surface area contributed by atoms with Crippen LogP contribution in [0.15, 0.2) is 0 Å². The van der Waals surface area contributed by atoms with Gasteiger partial charge in [-0.05, 0) is 51.2 Å². The lowest BCUT2D eigenvalue weighted by molar-refractivity contribution is -0.122. The lowest BCUT2D eigenvalue weighted by Crippen LogP contribution is -2.36. The van der Waals surface area contributed by atoms with Crippen molar-refractivity contribution >= 4 is 5.91 Å². The second kappa shape index (κ2) is 7.10. The molecule has 1 saturated carbocycles. The molecule has 106 valence electrons. The number of hydrogen-bond donors (Lipinski definition) is 2. The van der Waals surface area contributed by atoms with E-state index in [4.69, 9.17) is 5.73 Å². The van der Waals surface area contributed by atoms with Gasteiger partial charge in [-0.25, -0.2) is 0 Å². The van der Waals surface area contributed by atoms with E-state index < -0.39 is 0 Å². The van der Waals surface area contributed by atoms with Crippen molar-refractivity contribution in [3.8, 4) is 0 Å². The number of hydrogen-bond acceptors (Lipinski definition) is 3. The summed E-state index contributed by atoms with van der Waals surface area (Å²) in [4.78, 5) is 13.7. The molecule has 0 radical (unpaired) electrons. The van der Waals surface area contributed by atoms with E-state index in [1.54, 1.807) is 0 Å². The molecule has 1 aliphatic carbocycles. The van der Waals surface area contributed by atoms with Gasteiger partial charge in [-0.2, -0.15) is 0 Å². The third kappa shape index (κ3) is 6.97. The predicted octanol–water partition coefficient (Wildman–Crippen LogP) is 1.35. The van der Waals surface area contributed by atoms with E-state index >= 15 is 0 Å². The molecule has 18 heavy (non-hydrogen) atoms. The van der Waals surface area contributed by atoms with Gasteiger partial charge in [0.2, 0.25) is 5.91 Å². The van der Waals surface area contributed by atoms with Gasteiger partial charge < -0.3 is 11.1 Å². The van der Waals surface area contributed by atoms with E-state index in [2.05, 4.69) is 24.1 Å². The number of nitrogens with one attached hydrogen (secondary N) is 1. The van der Waals surface area contributed by atoms with Crippen LogP contribution < -0.4 is 11.1 Å². The van der Waals surface area contributed by atoms with Crippen molar-refractivity contribution in [3.05, 3.63) is 0 Å². The van der Waals surface area contributed by atoms with Crippen LogP contribution in [0, 0.1) is 5.41 Å². The zero-order valence-corrected chi connectivity index (χ0v) is 12.2. The van der Waals surface area contributed by atoms with Gasteiger partial charge in [-0.3, -0.25) is 9.69 Å². The first kappa shape index (κ1) is 15.4. The molecule has 1 aliphatic rings. The van der Waals surface area contributed by atoms with Crippen LogP contribution in [0.4, 0.5) is 0 Å². The summed E-state index contributed by atoms with van der Waals surface area (Å²) in [5.41, 5.74) is 5.96. The highest BCUT2D eigenvalue weighted by molar-refractivity contribution is 5.78. The summed E-state index contributed by atoms with van der Waals surface area (Å²) in [5, 5.41) is 3.01. The monoisotopic (exact) mass is 255 g/mol. The molecular formula is C14H29N3O. The Labute approximate surface area is 111 Å². The minimum absolute atomic E-state index is 0.169. The molecule has 0 aliphatic heterocycles. The Balaban J connectivity index is 2.02. The van der Waals surface area contributed by atoms with Gasteiger partial charge in [0, 0.05) is 6.04 Å². The van der Waals surface area contributed by atoms with Crippen molar-refractivity contribution in [1.29, 1.82) is 0 Å². The number of likely N-dealkylation sites (N-methyl/N-ethyl adjacent to an activating group) is 1. The Morgan fingerprint density at radius 1 is 1.39 bits per heavy atom. The molecule has 3 N–H and O–H groups in total. The Bertz CT molecular complexity index is 262. The van der Waals surface area contributed by atoms with E-state index in [-0.39, 0.29) is 11.3 Å². The molecule has 1 rings (SSSR count). The first-order valence-electron chi connectivity index (χ1n) is 7.11. The van der Waals surface area contributed by atoms with Crippen molar-refractivity contribution in [3.63, 3.8) is 0 Å². The minimum atomic E-state index is 0.169. The highest BCUT2D eigenvalue weighted by atomic mass is 16.2. The molecule has 0 spiro atoms. The van der Waals surface area contributed by atoms with Gasteiger partial charge >= 0.3 is 0 Å². The number of nitrogens with zero attached hydrogens (tertiary/aromatic N) is 1. The molecule has 0 aromatic carbocycles. The van der Waals surface area contributed by atoms with Crippen LogP contribution in [0.5, 0.6) is 0 Å². The maximum absolute atomic E-state index is 11.6. The summed E-state index contributed by atoms with van der Waals surface area (Å²) in [6.07, 6.45) is 5.79. The quantitative estimate of drug-likeness (QED) is 0.612. The van der Waals surface area contributed by atoms with Crippen LogP contribution >= 0.6 is 0 Å². The smallest absolute Gasteiger partial charge is 0.234 e. The summed E-state index contributed by atoms with van der Waals surface area (Å²) in [7, 11) is 2.01. The lowest BCUT2D eigenvalue weighted by Gasteiger charge is -2.23. The highest BCUT2D eigenvalue weighted by Gasteiger charge is 2.23. The van der Waals surface area contributed by atoms with Gasteiger partial charge in [0.1, 0.15) is 0 Å². The molecule has 0 bridgehead atoms. The molecular weight excluding hydrogens is 226 g/mol. The zero-order valence-electron chi connectivity index (χ0n) is 12.2. The fourth-order valence-corrected chi connectivity index (χ4v) is 1.91. The second-order valence-corrected chi connectivity index (χ2v) is 6.41. The largest absolute Gasteiger partial charge is 0.352 e. The molecule has 4 nitrogen and oxygen atoms in total. The Kier molecular flexibility index (Phi) is 6.09. The summed E-state index contributed by atoms with van der Waals surface area (Å²) in [5.74, 6) is 0.169. The third-order valence-corrected chi connectivity index (χ3v) is 3.55. The fraction of sp³-hybridized carbons (Fsp3) is 0.929. The fourth-order valence-electron chi connectivity index (χ4n) is 1.91. The maximum atomic E-state index is 11.6. The Morgan fingerprint density at radius 3 is 2.61 bits per heavy atom. The third-order valence-electron chi connectivity index (χ3n) is 3.55. The summed E-state index contributed by atoms with van der Waals surface area (Å²) >= 11 is 0. The zero-order chi connectivity index (χ0) is 13.6. The highest BCUT2D eigenvalue weighted by Crippen LogP contribution is 2.21. The van der Waals surface area contributed by atoms with Gasteiger partial charge in [-0.1, -0.05) is 20.3 Å². The predicted molar refractivity (Wildman–Crippen MR) is 75.3 cm³/mol. The van der Waals surface area contributed by atoms with Crippen molar-refractivity contribution in [2.45, 2.75) is 52.0 Å². The van der Waals surface area contributed by atoms with Gasteiger partial charge in [0.15, 0.2) is 0 Å². The molecule has 0 unspecified atom stereocenters. The number of amides is 1. The van der Waals surface area contributed by atoms with Crippen molar-refractivity contribution in [2.24, 2.45) is 11.1 Å². The number of nitrogens with two attached hydrogens (primary N) is 1. The van der Waals surface area contributed by atoms with E-state index in [0.29, 0.717) is 12.6 Å². The first-order chi connectivity index (χ1) is 8.43. The van der Waals surface area contributed by atoms with Crippen molar-refractivity contribution < 1.29 is 4.79 Å². The number of carbonyl (C=O) groups is 1. The number of carbonyl (C=O) groups excluding carboxylic acids is 1. The standard InChI is InChI=1S/C14H29N3O/c1-14(2,11-15)8-4-5-9-17(3)10-13(18)16-12-6-7-12/h12H,4-11,15H2,1-3H3,(H,16,18). The van der Waals surface area contributed by atoms with Gasteiger partial charge in [0.05, 0.1) is 6.54 Å². The second-order valence-electron chi connectivity index (χ2n) is 6.41.